The fourth-order valence-corrected chi connectivity index (χ4v) is 5.51. The highest BCUT2D eigenvalue weighted by molar-refractivity contribution is 5.60. The van der Waals surface area contributed by atoms with Gasteiger partial charge in [-0.15, -0.1) is 0 Å². The van der Waals surface area contributed by atoms with Crippen LogP contribution in [-0.4, -0.2) is 11.4 Å². The lowest BCUT2D eigenvalue weighted by atomic mass is 9.83. The predicted octanol–water partition coefficient (Wildman–Crippen LogP) is 8.39. The van der Waals surface area contributed by atoms with E-state index in [1.54, 1.807) is 0 Å². The van der Waals surface area contributed by atoms with Gasteiger partial charge in [0.05, 0.1) is 12.1 Å². The van der Waals surface area contributed by atoms with Gasteiger partial charge in [-0.05, 0) is 34.2 Å². The van der Waals surface area contributed by atoms with Crippen LogP contribution in [-0.2, 0) is 5.41 Å². The van der Waals surface area contributed by atoms with Gasteiger partial charge in [0.2, 0.25) is 0 Å². The first-order valence-electron chi connectivity index (χ1n) is 13.0. The largest absolute Gasteiger partial charge is 0.337 e. The van der Waals surface area contributed by atoms with Gasteiger partial charge in [-0.25, -0.2) is 0 Å². The molecule has 5 rings (SSSR count). The van der Waals surface area contributed by atoms with Crippen LogP contribution in [0.3, 0.4) is 0 Å². The van der Waals surface area contributed by atoms with E-state index in [1.807, 2.05) is 0 Å². The van der Waals surface area contributed by atoms with Crippen molar-refractivity contribution in [1.29, 1.82) is 0 Å². The lowest BCUT2D eigenvalue weighted by molar-refractivity contribution is 0.228. The molecule has 1 aliphatic rings. The molecule has 0 aliphatic carbocycles. The summed E-state index contributed by atoms with van der Waals surface area (Å²) in [6, 6.07) is 41.8. The second kappa shape index (κ2) is 10.3. The highest BCUT2D eigenvalue weighted by Gasteiger charge is 2.45. The smallest absolute Gasteiger partial charge is 0.178 e. The first-order valence-corrected chi connectivity index (χ1v) is 13.0. The van der Waals surface area contributed by atoms with Gasteiger partial charge >= 0.3 is 0 Å². The Hall–Kier alpha value is -3.36. The predicted molar refractivity (Wildman–Crippen MR) is 151 cm³/mol. The zero-order chi connectivity index (χ0) is 25.1. The Morgan fingerprint density at radius 2 is 1.17 bits per heavy atom. The second-order valence-electron chi connectivity index (χ2n) is 10.8. The Kier molecular flexibility index (Phi) is 6.98. The average Bonchev–Trinajstić information content (AvgIpc) is 3.28. The van der Waals surface area contributed by atoms with Gasteiger partial charge < -0.3 is 4.90 Å². The zero-order valence-corrected chi connectivity index (χ0v) is 21.8. The van der Waals surface area contributed by atoms with Crippen LogP contribution in [0.2, 0.25) is 0 Å². The van der Waals surface area contributed by atoms with Crippen LogP contribution in [0, 0.1) is 6.67 Å². The van der Waals surface area contributed by atoms with Crippen molar-refractivity contribution in [2.24, 2.45) is 0 Å². The Balaban J connectivity index is 1.64. The molecule has 0 amide bonds. The monoisotopic (exact) mass is 472 g/mol. The Bertz CT molecular complexity index is 1250. The van der Waals surface area contributed by atoms with Crippen molar-refractivity contribution in [2.75, 3.05) is 11.4 Å². The first kappa shape index (κ1) is 24.3. The third-order valence-corrected chi connectivity index (χ3v) is 7.37. The summed E-state index contributed by atoms with van der Waals surface area (Å²) in [4.78, 5) is 4.86. The minimum Gasteiger partial charge on any atom is -0.337 e. The normalized spacial score (nSPS) is 18.6. The zero-order valence-electron chi connectivity index (χ0n) is 21.8. The second-order valence-corrected chi connectivity index (χ2v) is 10.8. The lowest BCUT2D eigenvalue weighted by Crippen LogP contribution is -2.36. The molecular weight excluding hydrogens is 436 g/mol. The first-order chi connectivity index (χ1) is 17.5. The number of nitrogens with zero attached hydrogens (tertiary/aromatic N) is 2. The maximum Gasteiger partial charge on any atom is 0.178 e. The minimum absolute atomic E-state index is 0.0455. The van der Waals surface area contributed by atoms with E-state index in [9.17, 15) is 0 Å². The van der Waals surface area contributed by atoms with E-state index < -0.39 is 0 Å². The highest BCUT2D eigenvalue weighted by atomic mass is 15.4. The molecule has 0 spiro atoms. The molecule has 1 saturated heterocycles. The van der Waals surface area contributed by atoms with E-state index in [2.05, 4.69) is 159 Å². The van der Waals surface area contributed by atoms with E-state index in [4.69, 9.17) is 0 Å². The van der Waals surface area contributed by atoms with Gasteiger partial charge in [-0.1, -0.05) is 137 Å². The molecule has 2 heteroatoms. The number of rotatable bonds is 7. The summed E-state index contributed by atoms with van der Waals surface area (Å²) in [5, 5.41) is 0. The number of para-hydroxylation sites is 1. The molecule has 2 nitrogen and oxygen atoms in total. The maximum atomic E-state index is 3.89. The van der Waals surface area contributed by atoms with Gasteiger partial charge in [-0.2, -0.15) is 0 Å². The van der Waals surface area contributed by atoms with Crippen molar-refractivity contribution in [3.8, 4) is 0 Å². The number of anilines is 1. The molecule has 0 aromatic heterocycles. The molecule has 1 heterocycles. The Morgan fingerprint density at radius 1 is 0.667 bits per heavy atom. The summed E-state index contributed by atoms with van der Waals surface area (Å²) >= 11 is 0. The number of benzene rings is 4. The fourth-order valence-electron chi connectivity index (χ4n) is 5.51. The van der Waals surface area contributed by atoms with Crippen molar-refractivity contribution in [1.82, 2.24) is 4.90 Å². The molecule has 0 N–H and O–H groups in total. The third kappa shape index (κ3) is 4.83. The van der Waals surface area contributed by atoms with Gasteiger partial charge in [0.25, 0.3) is 0 Å². The summed E-state index contributed by atoms with van der Waals surface area (Å²) in [5.41, 5.74) is 6.50. The van der Waals surface area contributed by atoms with Crippen LogP contribution in [0.5, 0.6) is 0 Å². The van der Waals surface area contributed by atoms with E-state index in [0.29, 0.717) is 5.92 Å². The summed E-state index contributed by atoms with van der Waals surface area (Å²) in [7, 11) is 0. The minimum atomic E-state index is -0.0455. The average molecular weight is 473 g/mol. The summed E-state index contributed by atoms with van der Waals surface area (Å²) in [6.45, 7) is 14.0. The van der Waals surface area contributed by atoms with Crippen molar-refractivity contribution >= 4 is 5.69 Å². The van der Waals surface area contributed by atoms with Gasteiger partial charge in [0, 0.05) is 17.6 Å². The number of hydrogen-bond donors (Lipinski definition) is 0. The molecule has 0 bridgehead atoms. The van der Waals surface area contributed by atoms with Crippen LogP contribution in [0.25, 0.3) is 0 Å². The van der Waals surface area contributed by atoms with Crippen LogP contribution in [0.4, 0.5) is 5.69 Å². The van der Waals surface area contributed by atoms with Crippen LogP contribution >= 0.6 is 0 Å². The summed E-state index contributed by atoms with van der Waals surface area (Å²) < 4.78 is 0. The van der Waals surface area contributed by atoms with E-state index in [-0.39, 0.29) is 17.5 Å². The molecule has 2 atom stereocenters. The molecule has 4 aromatic carbocycles. The molecule has 4 aromatic rings. The van der Waals surface area contributed by atoms with E-state index in [0.717, 1.165) is 6.54 Å². The highest BCUT2D eigenvalue weighted by Crippen LogP contribution is 2.50. The molecule has 36 heavy (non-hydrogen) atoms. The van der Waals surface area contributed by atoms with Crippen molar-refractivity contribution in [3.05, 3.63) is 144 Å². The topological polar surface area (TPSA) is 6.48 Å². The standard InChI is InChI=1S/C34H36N2/c1-26(2)30-22-14-15-23-31(30)36-25-35(24-34(3,4)29-20-12-7-13-21-29)32(27-16-8-5-9-17-27)33(36)28-18-10-6-11-19-28/h5-23,26,32-33H,24H2,1-4H3/t32-,33+/m0/s1. The lowest BCUT2D eigenvalue weighted by Gasteiger charge is -2.34. The molecule has 0 unspecified atom stereocenters. The molecule has 182 valence electrons. The van der Waals surface area contributed by atoms with E-state index >= 15 is 0 Å². The Morgan fingerprint density at radius 3 is 1.75 bits per heavy atom. The van der Waals surface area contributed by atoms with Crippen molar-refractivity contribution < 1.29 is 0 Å². The molecule has 1 fully saturated rings. The van der Waals surface area contributed by atoms with Gasteiger partial charge in [-0.3, -0.25) is 4.90 Å². The van der Waals surface area contributed by atoms with Crippen LogP contribution in [0.1, 0.15) is 68.0 Å². The number of hydrogen-bond acceptors (Lipinski definition) is 2. The molecule has 2 radical (unpaired) electrons. The third-order valence-electron chi connectivity index (χ3n) is 7.37. The van der Waals surface area contributed by atoms with Gasteiger partial charge in [0.1, 0.15) is 0 Å². The van der Waals surface area contributed by atoms with Gasteiger partial charge in [0.15, 0.2) is 6.67 Å². The summed E-state index contributed by atoms with van der Waals surface area (Å²) in [6.07, 6.45) is 0. The fraction of sp³-hybridized carbons (Fsp3) is 0.265. The van der Waals surface area contributed by atoms with Crippen molar-refractivity contribution in [3.63, 3.8) is 0 Å². The van der Waals surface area contributed by atoms with E-state index in [1.165, 1.54) is 27.9 Å². The van der Waals surface area contributed by atoms with Crippen LogP contribution < -0.4 is 4.90 Å². The molecule has 1 aliphatic heterocycles. The van der Waals surface area contributed by atoms with Crippen molar-refractivity contribution in [2.45, 2.75) is 51.1 Å². The molecular formula is C34H36N2. The Labute approximate surface area is 217 Å². The maximum absolute atomic E-state index is 3.89. The quantitative estimate of drug-likeness (QED) is 0.266. The molecule has 0 saturated carbocycles. The van der Waals surface area contributed by atoms with Crippen LogP contribution in [0.15, 0.2) is 115 Å². The SMILES string of the molecule is CC(C)c1ccccc1N1[C]N(CC(C)(C)c2ccccc2)[C@@H](c2ccccc2)[C@H]1c1ccccc1. The summed E-state index contributed by atoms with van der Waals surface area (Å²) in [5.74, 6) is 0.421.